The zero-order chi connectivity index (χ0) is 26.0. The molecule has 0 aromatic heterocycles. The summed E-state index contributed by atoms with van der Waals surface area (Å²) < 4.78 is 15.5. The number of ketones is 1. The summed E-state index contributed by atoms with van der Waals surface area (Å²) in [6.07, 6.45) is 0. The largest absolute Gasteiger partial charge is 0.507 e. The normalized spacial score (nSPS) is 16.7. The van der Waals surface area contributed by atoms with Gasteiger partial charge in [0.25, 0.3) is 11.7 Å². The number of nitrogens with zero attached hydrogens (tertiary/aromatic N) is 1. The fourth-order valence-corrected chi connectivity index (χ4v) is 4.41. The van der Waals surface area contributed by atoms with Gasteiger partial charge in [-0.15, -0.1) is 0 Å². The van der Waals surface area contributed by atoms with Crippen LogP contribution >= 0.6 is 11.6 Å². The molecule has 1 N–H and O–H groups in total. The fourth-order valence-electron chi connectivity index (χ4n) is 4.16. The molecule has 0 bridgehead atoms. The lowest BCUT2D eigenvalue weighted by Crippen LogP contribution is -2.29. The third kappa shape index (κ3) is 4.27. The molecule has 1 aliphatic heterocycles. The van der Waals surface area contributed by atoms with E-state index in [-0.39, 0.29) is 27.4 Å². The molecule has 3 aromatic rings. The Morgan fingerprint density at radius 3 is 2.28 bits per heavy atom. The quantitative estimate of drug-likeness (QED) is 0.222. The number of benzene rings is 3. The minimum atomic E-state index is -1.06. The number of carbonyl (C=O) groups is 3. The van der Waals surface area contributed by atoms with Gasteiger partial charge in [-0.25, -0.2) is 4.79 Å². The molecular formula is C27H22ClNO7. The van der Waals surface area contributed by atoms with Gasteiger partial charge in [-0.05, 0) is 42.5 Å². The highest BCUT2D eigenvalue weighted by atomic mass is 35.5. The Balaban J connectivity index is 1.97. The first kappa shape index (κ1) is 24.8. The molecule has 0 aliphatic carbocycles. The van der Waals surface area contributed by atoms with Gasteiger partial charge in [-0.1, -0.05) is 35.9 Å². The number of ether oxygens (including phenoxy) is 3. The lowest BCUT2D eigenvalue weighted by Gasteiger charge is -2.27. The van der Waals surface area contributed by atoms with Gasteiger partial charge in [0.05, 0.1) is 43.5 Å². The van der Waals surface area contributed by atoms with Gasteiger partial charge >= 0.3 is 5.97 Å². The number of anilines is 1. The van der Waals surface area contributed by atoms with Crippen molar-refractivity contribution >= 4 is 40.7 Å². The Bertz CT molecular complexity index is 1400. The topological polar surface area (TPSA) is 102 Å². The van der Waals surface area contributed by atoms with Crippen LogP contribution in [0.3, 0.4) is 0 Å². The number of halogens is 1. The van der Waals surface area contributed by atoms with E-state index in [4.69, 9.17) is 25.8 Å². The Kier molecular flexibility index (Phi) is 6.98. The molecule has 0 radical (unpaired) electrons. The number of aliphatic hydroxyl groups excluding tert-OH is 1. The monoisotopic (exact) mass is 507 g/mol. The predicted octanol–water partition coefficient (Wildman–Crippen LogP) is 4.77. The molecule has 1 unspecified atom stereocenters. The van der Waals surface area contributed by atoms with Gasteiger partial charge in [0.15, 0.2) is 0 Å². The summed E-state index contributed by atoms with van der Waals surface area (Å²) in [5.74, 6) is -2.02. The van der Waals surface area contributed by atoms with Crippen LogP contribution < -0.4 is 14.4 Å². The second-order valence-corrected chi connectivity index (χ2v) is 8.21. The average molecular weight is 508 g/mol. The Labute approximate surface area is 212 Å². The van der Waals surface area contributed by atoms with Crippen molar-refractivity contribution in [2.24, 2.45) is 0 Å². The van der Waals surface area contributed by atoms with E-state index in [2.05, 4.69) is 0 Å². The third-order valence-electron chi connectivity index (χ3n) is 5.85. The summed E-state index contributed by atoms with van der Waals surface area (Å²) in [6.45, 7) is 0. The standard InChI is InChI=1S/C27H22ClNO7/c1-34-20-10-5-4-9-18(20)23-22(24(30)15-11-12-21(35-2)19(28)14-15)25(31)26(32)29(23)17-8-6-7-16(13-17)27(33)36-3/h4-14,23,30H,1-3H3/b24-22+. The van der Waals surface area contributed by atoms with E-state index in [9.17, 15) is 19.5 Å². The maximum Gasteiger partial charge on any atom is 0.337 e. The van der Waals surface area contributed by atoms with Crippen molar-refractivity contribution in [2.45, 2.75) is 6.04 Å². The Morgan fingerprint density at radius 1 is 0.889 bits per heavy atom. The molecule has 184 valence electrons. The van der Waals surface area contributed by atoms with Crippen LogP contribution in [0.25, 0.3) is 5.76 Å². The first-order valence-corrected chi connectivity index (χ1v) is 11.2. The summed E-state index contributed by atoms with van der Waals surface area (Å²) >= 11 is 6.25. The number of hydrogen-bond acceptors (Lipinski definition) is 7. The molecule has 1 atom stereocenters. The van der Waals surface area contributed by atoms with Crippen LogP contribution in [0.4, 0.5) is 5.69 Å². The van der Waals surface area contributed by atoms with Crippen molar-refractivity contribution in [1.82, 2.24) is 0 Å². The number of amides is 1. The molecule has 36 heavy (non-hydrogen) atoms. The van der Waals surface area contributed by atoms with E-state index in [0.717, 1.165) is 0 Å². The molecule has 9 heteroatoms. The summed E-state index contributed by atoms with van der Waals surface area (Å²) in [5, 5.41) is 11.5. The smallest absolute Gasteiger partial charge is 0.337 e. The third-order valence-corrected chi connectivity index (χ3v) is 6.14. The lowest BCUT2D eigenvalue weighted by atomic mass is 9.94. The summed E-state index contributed by atoms with van der Waals surface area (Å²) in [7, 11) is 4.17. The number of esters is 1. The molecule has 1 amide bonds. The molecule has 1 aliphatic rings. The molecule has 3 aromatic carbocycles. The van der Waals surface area contributed by atoms with Gasteiger partial charge in [0.1, 0.15) is 17.3 Å². The summed E-state index contributed by atoms with van der Waals surface area (Å²) in [6, 6.07) is 16.5. The number of aliphatic hydroxyl groups is 1. The zero-order valence-electron chi connectivity index (χ0n) is 19.7. The maximum absolute atomic E-state index is 13.4. The highest BCUT2D eigenvalue weighted by molar-refractivity contribution is 6.51. The van der Waals surface area contributed by atoms with Crippen LogP contribution in [-0.4, -0.2) is 44.1 Å². The highest BCUT2D eigenvalue weighted by Gasteiger charge is 2.48. The lowest BCUT2D eigenvalue weighted by molar-refractivity contribution is -0.132. The van der Waals surface area contributed by atoms with Crippen LogP contribution in [0.2, 0.25) is 5.02 Å². The molecular weight excluding hydrogens is 486 g/mol. The van der Waals surface area contributed by atoms with Gasteiger partial charge < -0.3 is 19.3 Å². The van der Waals surface area contributed by atoms with Crippen LogP contribution in [0.15, 0.2) is 72.3 Å². The van der Waals surface area contributed by atoms with Gasteiger partial charge in [-0.2, -0.15) is 0 Å². The number of rotatable bonds is 6. The van der Waals surface area contributed by atoms with Crippen LogP contribution in [-0.2, 0) is 14.3 Å². The van der Waals surface area contributed by atoms with E-state index in [1.54, 1.807) is 42.5 Å². The van der Waals surface area contributed by atoms with E-state index in [1.165, 1.54) is 50.5 Å². The molecule has 8 nitrogen and oxygen atoms in total. The maximum atomic E-state index is 13.4. The van der Waals surface area contributed by atoms with E-state index >= 15 is 0 Å². The van der Waals surface area contributed by atoms with Crippen molar-refractivity contribution in [3.8, 4) is 11.5 Å². The molecule has 1 fully saturated rings. The highest BCUT2D eigenvalue weighted by Crippen LogP contribution is 2.45. The average Bonchev–Trinajstić information content (AvgIpc) is 3.17. The number of para-hydroxylation sites is 1. The van der Waals surface area contributed by atoms with Gasteiger partial charge in [0.2, 0.25) is 0 Å². The number of methoxy groups -OCH3 is 3. The molecule has 4 rings (SSSR count). The summed E-state index contributed by atoms with van der Waals surface area (Å²) in [4.78, 5) is 40.1. The zero-order valence-corrected chi connectivity index (χ0v) is 20.4. The summed E-state index contributed by atoms with van der Waals surface area (Å²) in [5.41, 5.74) is 0.986. The van der Waals surface area contributed by atoms with E-state index in [1.807, 2.05) is 0 Å². The molecule has 1 saturated heterocycles. The van der Waals surface area contributed by atoms with Crippen molar-refractivity contribution in [2.75, 3.05) is 26.2 Å². The van der Waals surface area contributed by atoms with Crippen molar-refractivity contribution in [3.05, 3.63) is 94.0 Å². The SMILES string of the molecule is COC(=O)c1cccc(N2C(=O)C(=O)/C(=C(/O)c3ccc(OC)c(Cl)c3)C2c2ccccc2OC)c1. The number of carbonyl (C=O) groups excluding carboxylic acids is 3. The molecule has 1 heterocycles. The van der Waals surface area contributed by atoms with Gasteiger partial charge in [-0.3, -0.25) is 14.5 Å². The minimum Gasteiger partial charge on any atom is -0.507 e. The van der Waals surface area contributed by atoms with Crippen LogP contribution in [0, 0.1) is 0 Å². The Hall–Kier alpha value is -4.30. The van der Waals surface area contributed by atoms with Gasteiger partial charge in [0, 0.05) is 16.8 Å². The first-order chi connectivity index (χ1) is 17.3. The molecule has 0 spiro atoms. The van der Waals surface area contributed by atoms with Crippen molar-refractivity contribution in [3.63, 3.8) is 0 Å². The predicted molar refractivity (Wildman–Crippen MR) is 134 cm³/mol. The minimum absolute atomic E-state index is 0.158. The van der Waals surface area contributed by atoms with E-state index in [0.29, 0.717) is 17.1 Å². The van der Waals surface area contributed by atoms with Crippen molar-refractivity contribution in [1.29, 1.82) is 0 Å². The van der Waals surface area contributed by atoms with E-state index < -0.39 is 29.5 Å². The fraction of sp³-hybridized carbons (Fsp3) is 0.148. The van der Waals surface area contributed by atoms with Crippen LogP contribution in [0.1, 0.15) is 27.5 Å². The second kappa shape index (κ2) is 10.1. The molecule has 0 saturated carbocycles. The number of hydrogen-bond donors (Lipinski definition) is 1. The Morgan fingerprint density at radius 2 is 1.61 bits per heavy atom. The first-order valence-electron chi connectivity index (χ1n) is 10.8. The second-order valence-electron chi connectivity index (χ2n) is 7.80. The van der Waals surface area contributed by atoms with Crippen LogP contribution in [0.5, 0.6) is 11.5 Å². The van der Waals surface area contributed by atoms with Crippen molar-refractivity contribution < 1.29 is 33.7 Å². The number of Topliss-reactive ketones (excluding diaryl/α,β-unsaturated/α-hetero) is 1.